The molecular formula is C13H16N2O3. The van der Waals surface area contributed by atoms with Crippen LogP contribution in [0.5, 0.6) is 0 Å². The van der Waals surface area contributed by atoms with E-state index in [1.165, 1.54) is 0 Å². The van der Waals surface area contributed by atoms with Crippen LogP contribution in [0, 0.1) is 5.41 Å². The van der Waals surface area contributed by atoms with E-state index in [1.807, 2.05) is 12.1 Å². The molecule has 1 aromatic carbocycles. The van der Waals surface area contributed by atoms with Gasteiger partial charge in [-0.25, -0.2) is 4.79 Å². The van der Waals surface area contributed by atoms with E-state index in [0.717, 1.165) is 24.8 Å². The van der Waals surface area contributed by atoms with Gasteiger partial charge in [0.15, 0.2) is 5.58 Å². The van der Waals surface area contributed by atoms with E-state index in [9.17, 15) is 9.90 Å². The first-order chi connectivity index (χ1) is 8.64. The smallest absolute Gasteiger partial charge is 0.408 e. The number of nitrogens with two attached hydrogens (primary N) is 1. The van der Waals surface area contributed by atoms with Crippen molar-refractivity contribution in [3.63, 3.8) is 0 Å². The summed E-state index contributed by atoms with van der Waals surface area (Å²) in [6.07, 6.45) is 3.01. The van der Waals surface area contributed by atoms with Crippen LogP contribution in [0.1, 0.15) is 30.9 Å². The van der Waals surface area contributed by atoms with Gasteiger partial charge < -0.3 is 15.3 Å². The third-order valence-corrected chi connectivity index (χ3v) is 4.13. The molecule has 0 radical (unpaired) electrons. The Bertz CT molecular complexity index is 619. The minimum Gasteiger partial charge on any atom is -0.408 e. The SMILES string of the molecule is NC(c1ccc2oc(=O)[nH]c2c1)C1(CO)CCC1. The third kappa shape index (κ3) is 1.59. The highest BCUT2D eigenvalue weighted by Crippen LogP contribution is 2.48. The molecule has 0 aliphatic heterocycles. The van der Waals surface area contributed by atoms with Crippen molar-refractivity contribution in [1.82, 2.24) is 4.98 Å². The van der Waals surface area contributed by atoms with Gasteiger partial charge in [0.25, 0.3) is 0 Å². The first kappa shape index (κ1) is 11.5. The van der Waals surface area contributed by atoms with Crippen LogP contribution in [-0.2, 0) is 0 Å². The molecule has 1 saturated carbocycles. The van der Waals surface area contributed by atoms with Crippen LogP contribution in [-0.4, -0.2) is 16.7 Å². The van der Waals surface area contributed by atoms with Crippen molar-refractivity contribution in [2.24, 2.45) is 11.1 Å². The van der Waals surface area contributed by atoms with Gasteiger partial charge in [-0.1, -0.05) is 12.5 Å². The van der Waals surface area contributed by atoms with E-state index in [2.05, 4.69) is 4.98 Å². The fraction of sp³-hybridized carbons (Fsp3) is 0.462. The van der Waals surface area contributed by atoms with Crippen molar-refractivity contribution >= 4 is 11.1 Å². The molecule has 1 unspecified atom stereocenters. The Morgan fingerprint density at radius 1 is 1.50 bits per heavy atom. The number of aromatic nitrogens is 1. The number of hydrogen-bond donors (Lipinski definition) is 3. The Balaban J connectivity index is 2.00. The average molecular weight is 248 g/mol. The Morgan fingerprint density at radius 2 is 2.28 bits per heavy atom. The second-order valence-corrected chi connectivity index (χ2v) is 5.12. The number of aliphatic hydroxyl groups excluding tert-OH is 1. The number of hydrogen-bond acceptors (Lipinski definition) is 4. The summed E-state index contributed by atoms with van der Waals surface area (Å²) in [5.41, 5.74) is 8.17. The molecule has 5 nitrogen and oxygen atoms in total. The molecule has 0 bridgehead atoms. The van der Waals surface area contributed by atoms with Gasteiger partial charge in [-0.15, -0.1) is 0 Å². The standard InChI is InChI=1S/C13H16N2O3/c14-11(13(7-16)4-1-5-13)8-2-3-10-9(6-8)15-12(17)18-10/h2-3,6,11,16H,1,4-5,7,14H2,(H,15,17). The molecule has 0 amide bonds. The molecule has 1 atom stereocenters. The monoisotopic (exact) mass is 248 g/mol. The van der Waals surface area contributed by atoms with Gasteiger partial charge in [0.05, 0.1) is 12.1 Å². The lowest BCUT2D eigenvalue weighted by atomic mass is 9.63. The van der Waals surface area contributed by atoms with Gasteiger partial charge in [0, 0.05) is 11.5 Å². The number of H-pyrrole nitrogens is 1. The first-order valence-electron chi connectivity index (χ1n) is 6.14. The van der Waals surface area contributed by atoms with Crippen molar-refractivity contribution in [3.05, 3.63) is 34.3 Å². The Hall–Kier alpha value is -1.59. The Labute approximate surface area is 104 Å². The molecule has 3 rings (SSSR count). The number of aromatic amines is 1. The van der Waals surface area contributed by atoms with Crippen LogP contribution in [0.15, 0.2) is 27.4 Å². The minimum atomic E-state index is -0.462. The normalized spacial score (nSPS) is 19.7. The zero-order chi connectivity index (χ0) is 12.8. The lowest BCUT2D eigenvalue weighted by Gasteiger charge is -2.45. The number of nitrogens with one attached hydrogen (secondary N) is 1. The summed E-state index contributed by atoms with van der Waals surface area (Å²) in [5.74, 6) is -0.462. The number of benzene rings is 1. The maximum Gasteiger partial charge on any atom is 0.417 e. The number of rotatable bonds is 3. The minimum absolute atomic E-state index is 0.105. The van der Waals surface area contributed by atoms with Gasteiger partial charge in [-0.05, 0) is 30.5 Å². The van der Waals surface area contributed by atoms with Crippen molar-refractivity contribution in [3.8, 4) is 0 Å². The predicted octanol–water partition coefficient (Wildman–Crippen LogP) is 1.28. The molecule has 18 heavy (non-hydrogen) atoms. The highest BCUT2D eigenvalue weighted by atomic mass is 16.4. The molecule has 96 valence electrons. The van der Waals surface area contributed by atoms with Gasteiger partial charge in [0.2, 0.25) is 0 Å². The molecular weight excluding hydrogens is 232 g/mol. The summed E-state index contributed by atoms with van der Waals surface area (Å²) >= 11 is 0. The number of oxazole rings is 1. The van der Waals surface area contributed by atoms with Crippen LogP contribution >= 0.6 is 0 Å². The number of fused-ring (bicyclic) bond motifs is 1. The summed E-state index contributed by atoms with van der Waals surface area (Å²) in [6, 6.07) is 5.23. The van der Waals surface area contributed by atoms with Crippen LogP contribution in [0.2, 0.25) is 0 Å². The van der Waals surface area contributed by atoms with E-state index >= 15 is 0 Å². The molecule has 5 heteroatoms. The van der Waals surface area contributed by atoms with E-state index in [4.69, 9.17) is 10.2 Å². The van der Waals surface area contributed by atoms with Crippen LogP contribution in [0.3, 0.4) is 0 Å². The summed E-state index contributed by atoms with van der Waals surface area (Å²) in [6.45, 7) is 0.105. The number of aliphatic hydroxyl groups is 1. The van der Waals surface area contributed by atoms with Gasteiger partial charge in [-0.3, -0.25) is 4.98 Å². The highest BCUT2D eigenvalue weighted by molar-refractivity contribution is 5.73. The zero-order valence-corrected chi connectivity index (χ0v) is 9.98. The first-order valence-corrected chi connectivity index (χ1v) is 6.14. The molecule has 1 aliphatic carbocycles. The molecule has 4 N–H and O–H groups in total. The summed E-state index contributed by atoms with van der Waals surface area (Å²) < 4.78 is 4.95. The summed E-state index contributed by atoms with van der Waals surface area (Å²) in [4.78, 5) is 13.7. The lowest BCUT2D eigenvalue weighted by molar-refractivity contribution is 0.0184. The largest absolute Gasteiger partial charge is 0.417 e. The van der Waals surface area contributed by atoms with Crippen molar-refractivity contribution in [2.75, 3.05) is 6.61 Å². The zero-order valence-electron chi connectivity index (χ0n) is 9.98. The van der Waals surface area contributed by atoms with E-state index < -0.39 is 5.76 Å². The third-order valence-electron chi connectivity index (χ3n) is 4.13. The summed E-state index contributed by atoms with van der Waals surface area (Å²) in [5, 5.41) is 9.53. The quantitative estimate of drug-likeness (QED) is 0.763. The van der Waals surface area contributed by atoms with E-state index in [0.29, 0.717) is 11.1 Å². The Kier molecular flexibility index (Phi) is 2.53. The van der Waals surface area contributed by atoms with Crippen molar-refractivity contribution < 1.29 is 9.52 Å². The maximum absolute atomic E-state index is 11.1. The van der Waals surface area contributed by atoms with Crippen molar-refractivity contribution in [1.29, 1.82) is 0 Å². The Morgan fingerprint density at radius 3 is 2.89 bits per heavy atom. The van der Waals surface area contributed by atoms with Crippen molar-refractivity contribution in [2.45, 2.75) is 25.3 Å². The highest BCUT2D eigenvalue weighted by Gasteiger charge is 2.42. The summed E-state index contributed by atoms with van der Waals surface area (Å²) in [7, 11) is 0. The van der Waals surface area contributed by atoms with Crippen LogP contribution < -0.4 is 11.5 Å². The van der Waals surface area contributed by atoms with Gasteiger partial charge in [0.1, 0.15) is 0 Å². The second-order valence-electron chi connectivity index (χ2n) is 5.12. The predicted molar refractivity (Wildman–Crippen MR) is 67.1 cm³/mol. The van der Waals surface area contributed by atoms with Crippen LogP contribution in [0.4, 0.5) is 0 Å². The fourth-order valence-electron chi connectivity index (χ4n) is 2.71. The second kappa shape index (κ2) is 3.96. The fourth-order valence-corrected chi connectivity index (χ4v) is 2.71. The van der Waals surface area contributed by atoms with Crippen LogP contribution in [0.25, 0.3) is 11.1 Å². The molecule has 1 heterocycles. The molecule has 0 saturated heterocycles. The average Bonchev–Trinajstić information content (AvgIpc) is 2.67. The molecule has 1 aliphatic rings. The van der Waals surface area contributed by atoms with E-state index in [1.54, 1.807) is 6.07 Å². The molecule has 1 aromatic heterocycles. The van der Waals surface area contributed by atoms with Gasteiger partial charge in [-0.2, -0.15) is 0 Å². The maximum atomic E-state index is 11.1. The van der Waals surface area contributed by atoms with E-state index in [-0.39, 0.29) is 18.1 Å². The lowest BCUT2D eigenvalue weighted by Crippen LogP contribution is -2.43. The topological polar surface area (TPSA) is 92.2 Å². The van der Waals surface area contributed by atoms with Gasteiger partial charge >= 0.3 is 5.76 Å². The molecule has 2 aromatic rings. The molecule has 1 fully saturated rings. The molecule has 0 spiro atoms.